The van der Waals surface area contributed by atoms with Crippen LogP contribution < -0.4 is 5.43 Å². The lowest BCUT2D eigenvalue weighted by atomic mass is 9.97. The molecule has 0 radical (unpaired) electrons. The van der Waals surface area contributed by atoms with Crippen LogP contribution in [0.4, 0.5) is 0 Å². The molecule has 3 heterocycles. The second-order valence-corrected chi connectivity index (χ2v) is 17.9. The minimum Gasteiger partial charge on any atom is -0.309 e. The van der Waals surface area contributed by atoms with Crippen molar-refractivity contribution >= 4 is 55.3 Å². The SMILES string of the molecule is CC[C@H](C)c1ccc(C(=N)/N=C(\Nn2c3ccccc3c3cc4c(cc32)c2ccccc2n4-c2cccc(-c3nc(-c4ccccc4)nc(-c4ccccc4-c4ccccc4)n3)c2)c2ccccc2)cc1. The lowest BCUT2D eigenvalue weighted by molar-refractivity contribution is 0.733. The minimum absolute atomic E-state index is 0.183. The van der Waals surface area contributed by atoms with Crippen molar-refractivity contribution < 1.29 is 0 Å². The van der Waals surface area contributed by atoms with Crippen LogP contribution in [0.5, 0.6) is 0 Å². The Morgan fingerprint density at radius 1 is 0.479 bits per heavy atom. The number of fused-ring (bicyclic) bond motifs is 6. The molecule has 0 aliphatic rings. The Morgan fingerprint density at radius 2 is 1.03 bits per heavy atom. The first kappa shape index (κ1) is 43.0. The highest BCUT2D eigenvalue weighted by Gasteiger charge is 2.21. The zero-order valence-electron chi connectivity index (χ0n) is 39.3. The Balaban J connectivity index is 1.00. The number of hydrogen-bond acceptors (Lipinski definition) is 4. The molecule has 0 bridgehead atoms. The van der Waals surface area contributed by atoms with Crippen molar-refractivity contribution in [3.05, 3.63) is 241 Å². The van der Waals surface area contributed by atoms with E-state index in [0.717, 1.165) is 94.7 Å². The predicted molar refractivity (Wildman–Crippen MR) is 293 cm³/mol. The maximum absolute atomic E-state index is 9.23. The Labute approximate surface area is 411 Å². The largest absolute Gasteiger partial charge is 0.309 e. The lowest BCUT2D eigenvalue weighted by Gasteiger charge is -2.15. The zero-order valence-corrected chi connectivity index (χ0v) is 39.3. The highest BCUT2D eigenvalue weighted by molar-refractivity contribution is 6.20. The van der Waals surface area contributed by atoms with E-state index < -0.39 is 0 Å². The van der Waals surface area contributed by atoms with Gasteiger partial charge in [0.2, 0.25) is 0 Å². The van der Waals surface area contributed by atoms with Gasteiger partial charge in [-0.3, -0.25) is 15.5 Å². The Hall–Kier alpha value is -9.27. The average Bonchev–Trinajstić information content (AvgIpc) is 3.93. The van der Waals surface area contributed by atoms with Crippen LogP contribution in [0, 0.1) is 5.41 Å². The number of nitrogens with zero attached hydrogens (tertiary/aromatic N) is 6. The highest BCUT2D eigenvalue weighted by Crippen LogP contribution is 2.39. The molecule has 0 aliphatic heterocycles. The minimum atomic E-state index is 0.183. The van der Waals surface area contributed by atoms with E-state index in [1.165, 1.54) is 5.56 Å². The van der Waals surface area contributed by atoms with Gasteiger partial charge in [-0.1, -0.05) is 202 Å². The van der Waals surface area contributed by atoms with Crippen LogP contribution in [0.15, 0.2) is 229 Å². The topological polar surface area (TPSA) is 96.8 Å². The molecule has 0 amide bonds. The number of benzene rings is 9. The normalized spacial score (nSPS) is 12.2. The summed E-state index contributed by atoms with van der Waals surface area (Å²) in [5.41, 5.74) is 16.6. The molecule has 0 unspecified atom stereocenters. The summed E-state index contributed by atoms with van der Waals surface area (Å²) in [6.07, 6.45) is 1.06. The fourth-order valence-electron chi connectivity index (χ4n) is 9.74. The molecule has 0 saturated carbocycles. The molecule has 8 heteroatoms. The zero-order chi connectivity index (χ0) is 47.8. The van der Waals surface area contributed by atoms with Crippen molar-refractivity contribution in [2.24, 2.45) is 4.99 Å². The molecule has 0 saturated heterocycles. The summed E-state index contributed by atoms with van der Waals surface area (Å²) in [5, 5.41) is 13.6. The quantitative estimate of drug-likeness (QED) is 0.105. The molecule has 340 valence electrons. The van der Waals surface area contributed by atoms with Gasteiger partial charge in [-0.05, 0) is 65.4 Å². The average molecular weight is 917 g/mol. The summed E-state index contributed by atoms with van der Waals surface area (Å²) in [5.74, 6) is 3.00. The van der Waals surface area contributed by atoms with Crippen LogP contribution in [-0.4, -0.2) is 35.9 Å². The third-order valence-corrected chi connectivity index (χ3v) is 13.6. The molecular formula is C63H48N8. The number of para-hydroxylation sites is 2. The number of nitrogens with one attached hydrogen (secondary N) is 2. The monoisotopic (exact) mass is 916 g/mol. The smallest absolute Gasteiger partial charge is 0.164 e. The van der Waals surface area contributed by atoms with Crippen LogP contribution in [0.2, 0.25) is 0 Å². The van der Waals surface area contributed by atoms with Gasteiger partial charge in [-0.15, -0.1) is 0 Å². The second-order valence-electron chi connectivity index (χ2n) is 17.9. The van der Waals surface area contributed by atoms with E-state index in [1.807, 2.05) is 84.9 Å². The van der Waals surface area contributed by atoms with Crippen molar-refractivity contribution in [2.45, 2.75) is 26.2 Å². The van der Waals surface area contributed by atoms with E-state index in [-0.39, 0.29) is 5.84 Å². The standard InChI is InChI=1S/C63H48N8/c1-3-41(2)42-34-36-44(37-35-42)59(64)65-62(46-24-11-6-12-25-46)69-71-56-33-18-16-30-51(56)54-39-57-53(40-58(54)71)50-29-15-17-32-55(50)70(57)48-27-19-26-47(38-48)61-66-60(45-22-9-5-10-23-45)67-63(68-61)52-31-14-13-28-49(52)43-20-7-4-8-21-43/h4-41H,3H2,1-2H3,(H2,64,65,69)/t41-/m0/s1. The van der Waals surface area contributed by atoms with Crippen molar-refractivity contribution in [1.29, 1.82) is 5.41 Å². The molecule has 71 heavy (non-hydrogen) atoms. The maximum atomic E-state index is 9.23. The highest BCUT2D eigenvalue weighted by atomic mass is 15.4. The van der Waals surface area contributed by atoms with Crippen LogP contribution in [-0.2, 0) is 0 Å². The van der Waals surface area contributed by atoms with Gasteiger partial charge in [0.05, 0.1) is 22.1 Å². The van der Waals surface area contributed by atoms with Crippen molar-refractivity contribution in [3.63, 3.8) is 0 Å². The first-order valence-electron chi connectivity index (χ1n) is 24.1. The van der Waals surface area contributed by atoms with E-state index in [2.05, 4.69) is 168 Å². The summed E-state index contributed by atoms with van der Waals surface area (Å²) in [4.78, 5) is 20.5. The first-order chi connectivity index (χ1) is 35.0. The summed E-state index contributed by atoms with van der Waals surface area (Å²) in [6, 6.07) is 77.3. The number of aliphatic imine (C=N–C) groups is 1. The van der Waals surface area contributed by atoms with Crippen LogP contribution in [0.1, 0.15) is 42.9 Å². The molecule has 12 rings (SSSR count). The molecule has 9 aromatic carbocycles. The Kier molecular flexibility index (Phi) is 11.1. The van der Waals surface area contributed by atoms with Gasteiger partial charge in [0.1, 0.15) is 0 Å². The molecule has 2 N–H and O–H groups in total. The van der Waals surface area contributed by atoms with Crippen molar-refractivity contribution in [3.8, 4) is 51.0 Å². The van der Waals surface area contributed by atoms with Crippen LogP contribution in [0.3, 0.4) is 0 Å². The summed E-state index contributed by atoms with van der Waals surface area (Å²) >= 11 is 0. The molecule has 1 atom stereocenters. The van der Waals surface area contributed by atoms with E-state index in [9.17, 15) is 5.41 Å². The van der Waals surface area contributed by atoms with E-state index in [4.69, 9.17) is 19.9 Å². The maximum Gasteiger partial charge on any atom is 0.164 e. The van der Waals surface area contributed by atoms with E-state index >= 15 is 0 Å². The molecule has 0 fully saturated rings. The van der Waals surface area contributed by atoms with Gasteiger partial charge in [0.15, 0.2) is 29.1 Å². The molecule has 0 spiro atoms. The van der Waals surface area contributed by atoms with Gasteiger partial charge in [0.25, 0.3) is 0 Å². The number of rotatable bonds is 10. The fourth-order valence-corrected chi connectivity index (χ4v) is 9.74. The number of hydrogen-bond donors (Lipinski definition) is 2. The summed E-state index contributed by atoms with van der Waals surface area (Å²) < 4.78 is 4.48. The van der Waals surface area contributed by atoms with Crippen LogP contribution >= 0.6 is 0 Å². The molecule has 0 aliphatic carbocycles. The van der Waals surface area contributed by atoms with Gasteiger partial charge < -0.3 is 4.57 Å². The Bertz CT molecular complexity index is 3970. The van der Waals surface area contributed by atoms with Crippen molar-refractivity contribution in [1.82, 2.24) is 24.2 Å². The third-order valence-electron chi connectivity index (χ3n) is 13.6. The third kappa shape index (κ3) is 8.01. The summed E-state index contributed by atoms with van der Waals surface area (Å²) in [6.45, 7) is 4.43. The number of amidine groups is 2. The fraction of sp³-hybridized carbons (Fsp3) is 0.0635. The molecule has 3 aromatic heterocycles. The first-order valence-corrected chi connectivity index (χ1v) is 24.1. The van der Waals surface area contributed by atoms with Crippen molar-refractivity contribution in [2.75, 3.05) is 5.43 Å². The summed E-state index contributed by atoms with van der Waals surface area (Å²) in [7, 11) is 0. The molecule has 8 nitrogen and oxygen atoms in total. The van der Waals surface area contributed by atoms with E-state index in [0.29, 0.717) is 29.2 Å². The number of aromatic nitrogens is 5. The van der Waals surface area contributed by atoms with Gasteiger partial charge in [-0.2, -0.15) is 0 Å². The second kappa shape index (κ2) is 18.3. The lowest BCUT2D eigenvalue weighted by Crippen LogP contribution is -2.25. The molecular weight excluding hydrogens is 869 g/mol. The Morgan fingerprint density at radius 3 is 1.75 bits per heavy atom. The predicted octanol–water partition coefficient (Wildman–Crippen LogP) is 15.3. The van der Waals surface area contributed by atoms with Gasteiger partial charge >= 0.3 is 0 Å². The molecule has 12 aromatic rings. The van der Waals surface area contributed by atoms with E-state index in [1.54, 1.807) is 0 Å². The van der Waals surface area contributed by atoms with Crippen LogP contribution in [0.25, 0.3) is 94.6 Å². The van der Waals surface area contributed by atoms with Gasteiger partial charge in [0, 0.05) is 55.0 Å². The van der Waals surface area contributed by atoms with Gasteiger partial charge in [-0.25, -0.2) is 19.9 Å².